The molecule has 0 bridgehead atoms. The number of hydrogen-bond acceptors (Lipinski definition) is 2. The highest BCUT2D eigenvalue weighted by Gasteiger charge is 2.35. The van der Waals surface area contributed by atoms with Crippen LogP contribution < -0.4 is 6.15 Å². The topological polar surface area (TPSA) is 72.3 Å². The second kappa shape index (κ2) is 3.00. The summed E-state index contributed by atoms with van der Waals surface area (Å²) < 4.78 is 48.1. The van der Waals surface area contributed by atoms with Crippen molar-refractivity contribution in [2.75, 3.05) is 0 Å². The average Bonchev–Trinajstić information content (AvgIpc) is 1.31. The van der Waals surface area contributed by atoms with E-state index in [1.165, 1.54) is 0 Å². The molecule has 8 heavy (non-hydrogen) atoms. The van der Waals surface area contributed by atoms with Crippen LogP contribution in [0.5, 0.6) is 0 Å². The van der Waals surface area contributed by atoms with Crippen molar-refractivity contribution in [1.29, 1.82) is 0 Å². The maximum atomic E-state index is 10.6. The number of rotatable bonds is 0. The smallest absolute Gasteiger partial charge is 0.344 e. The van der Waals surface area contributed by atoms with Gasteiger partial charge in [0.1, 0.15) is 0 Å². The Hall–Kier alpha value is -0.140. The molecule has 0 radical (unpaired) electrons. The zero-order valence-electron chi connectivity index (χ0n) is 3.60. The third kappa shape index (κ3) is 4.03. The van der Waals surface area contributed by atoms with E-state index < -0.39 is 16.6 Å². The van der Waals surface area contributed by atoms with Gasteiger partial charge in [-0.3, -0.25) is 4.55 Å². The standard InChI is InChI=1S/CHF3O2S.H3N/c2-1(3,4)7(5)6;/h(H,5,6);1H3. The lowest BCUT2D eigenvalue weighted by Crippen LogP contribution is -2.14. The molecule has 0 amide bonds. The average molecular weight is 151 g/mol. The molecule has 0 heterocycles. The van der Waals surface area contributed by atoms with Crippen molar-refractivity contribution in [3.63, 3.8) is 0 Å². The zero-order valence-corrected chi connectivity index (χ0v) is 4.42. The van der Waals surface area contributed by atoms with Gasteiger partial charge in [0.2, 0.25) is 0 Å². The van der Waals surface area contributed by atoms with Crippen LogP contribution in [-0.2, 0) is 11.1 Å². The van der Waals surface area contributed by atoms with Gasteiger partial charge in [-0.2, -0.15) is 13.2 Å². The van der Waals surface area contributed by atoms with Crippen LogP contribution in [0.2, 0.25) is 0 Å². The highest BCUT2D eigenvalue weighted by Crippen LogP contribution is 2.16. The van der Waals surface area contributed by atoms with Crippen LogP contribution in [-0.4, -0.2) is 14.3 Å². The Labute approximate surface area is 45.7 Å². The minimum Gasteiger partial charge on any atom is -0.344 e. The SMILES string of the molecule is N.O=S(O)C(F)(F)F. The maximum Gasteiger partial charge on any atom is 0.496 e. The molecule has 0 spiro atoms. The fourth-order valence-electron chi connectivity index (χ4n) is 0. The summed E-state index contributed by atoms with van der Waals surface area (Å²) in [4.78, 5) is 0. The lowest BCUT2D eigenvalue weighted by molar-refractivity contribution is -0.0446. The Morgan fingerprint density at radius 1 is 1.38 bits per heavy atom. The van der Waals surface area contributed by atoms with E-state index in [4.69, 9.17) is 8.76 Å². The molecule has 7 heteroatoms. The van der Waals surface area contributed by atoms with E-state index in [2.05, 4.69) is 0 Å². The van der Waals surface area contributed by atoms with Gasteiger partial charge in [-0.15, -0.1) is 0 Å². The van der Waals surface area contributed by atoms with E-state index in [1.54, 1.807) is 0 Å². The summed E-state index contributed by atoms with van der Waals surface area (Å²) in [6.45, 7) is 0. The van der Waals surface area contributed by atoms with Crippen molar-refractivity contribution in [3.05, 3.63) is 0 Å². The summed E-state index contributed by atoms with van der Waals surface area (Å²) in [6, 6.07) is 0. The first-order chi connectivity index (χ1) is 2.94. The first-order valence-corrected chi connectivity index (χ1v) is 2.23. The Bertz CT molecular complexity index is 89.8. The Morgan fingerprint density at radius 2 is 1.50 bits per heavy atom. The summed E-state index contributed by atoms with van der Waals surface area (Å²) >= 11 is -3.68. The molecule has 0 fully saturated rings. The van der Waals surface area contributed by atoms with Gasteiger partial charge in [0.15, 0.2) is 0 Å². The molecule has 0 aliphatic carbocycles. The van der Waals surface area contributed by atoms with Crippen LogP contribution in [0, 0.1) is 0 Å². The molecule has 0 aromatic heterocycles. The zero-order chi connectivity index (χ0) is 6.08. The van der Waals surface area contributed by atoms with Crippen molar-refractivity contribution in [2.24, 2.45) is 0 Å². The fourth-order valence-corrected chi connectivity index (χ4v) is 0. The Balaban J connectivity index is 0. The lowest BCUT2D eigenvalue weighted by atomic mass is 11.6. The van der Waals surface area contributed by atoms with E-state index in [-0.39, 0.29) is 6.15 Å². The third-order valence-corrected chi connectivity index (χ3v) is 0.594. The third-order valence-electron chi connectivity index (χ3n) is 0.198. The number of halogens is 3. The van der Waals surface area contributed by atoms with Crippen LogP contribution >= 0.6 is 0 Å². The first-order valence-electron chi connectivity index (χ1n) is 1.12. The normalized spacial score (nSPS) is 14.5. The molecule has 0 rings (SSSR count). The highest BCUT2D eigenvalue weighted by molar-refractivity contribution is 7.80. The Kier molecular flexibility index (Phi) is 4.04. The molecule has 0 aliphatic heterocycles. The number of alkyl halides is 3. The van der Waals surface area contributed by atoms with Crippen molar-refractivity contribution >= 4 is 11.1 Å². The van der Waals surface area contributed by atoms with E-state index in [0.717, 1.165) is 0 Å². The summed E-state index contributed by atoms with van der Waals surface area (Å²) in [5, 5.41) is 0. The predicted octanol–water partition coefficient (Wildman–Crippen LogP) is 0.890. The molecule has 3 nitrogen and oxygen atoms in total. The summed E-state index contributed by atoms with van der Waals surface area (Å²) in [6.07, 6.45) is 0. The minimum atomic E-state index is -4.97. The molecule has 52 valence electrons. The molecular formula is CH4F3NO2S. The molecule has 0 saturated carbocycles. The van der Waals surface area contributed by atoms with Crippen LogP contribution in [0.15, 0.2) is 0 Å². The molecule has 0 saturated heterocycles. The van der Waals surface area contributed by atoms with Gasteiger partial charge in [-0.05, 0) is 0 Å². The van der Waals surface area contributed by atoms with E-state index in [1.807, 2.05) is 0 Å². The van der Waals surface area contributed by atoms with Gasteiger partial charge in [-0.1, -0.05) is 0 Å². The van der Waals surface area contributed by atoms with Gasteiger partial charge in [0.25, 0.3) is 11.1 Å². The first kappa shape index (κ1) is 10.8. The largest absolute Gasteiger partial charge is 0.496 e. The predicted molar refractivity (Wildman–Crippen MR) is 21.8 cm³/mol. The molecule has 0 aromatic carbocycles. The van der Waals surface area contributed by atoms with Crippen LogP contribution in [0.1, 0.15) is 0 Å². The van der Waals surface area contributed by atoms with Crippen molar-refractivity contribution in [2.45, 2.75) is 5.51 Å². The van der Waals surface area contributed by atoms with Gasteiger partial charge in [0.05, 0.1) is 0 Å². The Morgan fingerprint density at radius 3 is 1.50 bits per heavy atom. The molecule has 0 aliphatic rings. The van der Waals surface area contributed by atoms with Gasteiger partial charge in [0, 0.05) is 0 Å². The maximum absolute atomic E-state index is 10.6. The molecule has 0 aromatic rings. The summed E-state index contributed by atoms with van der Waals surface area (Å²) in [5.41, 5.74) is -4.97. The minimum absolute atomic E-state index is 0. The van der Waals surface area contributed by atoms with Gasteiger partial charge < -0.3 is 6.15 Å². The van der Waals surface area contributed by atoms with Crippen LogP contribution in [0.25, 0.3) is 0 Å². The molecule has 1 unspecified atom stereocenters. The molecule has 1 atom stereocenters. The fraction of sp³-hybridized carbons (Fsp3) is 1.00. The van der Waals surface area contributed by atoms with Gasteiger partial charge >= 0.3 is 5.51 Å². The summed E-state index contributed by atoms with van der Waals surface area (Å²) in [7, 11) is 0. The van der Waals surface area contributed by atoms with E-state index in [0.29, 0.717) is 0 Å². The number of hydrogen-bond donors (Lipinski definition) is 2. The van der Waals surface area contributed by atoms with Gasteiger partial charge in [-0.25, -0.2) is 4.21 Å². The van der Waals surface area contributed by atoms with Crippen molar-refractivity contribution in [3.8, 4) is 0 Å². The van der Waals surface area contributed by atoms with E-state index in [9.17, 15) is 13.2 Å². The second-order valence-corrected chi connectivity index (χ2v) is 1.66. The van der Waals surface area contributed by atoms with Crippen molar-refractivity contribution < 1.29 is 21.9 Å². The van der Waals surface area contributed by atoms with Crippen molar-refractivity contribution in [1.82, 2.24) is 6.15 Å². The monoisotopic (exact) mass is 151 g/mol. The summed E-state index contributed by atoms with van der Waals surface area (Å²) in [5.74, 6) is 0. The second-order valence-electron chi connectivity index (χ2n) is 0.695. The lowest BCUT2D eigenvalue weighted by Gasteiger charge is -1.94. The van der Waals surface area contributed by atoms with Crippen LogP contribution in [0.4, 0.5) is 13.2 Å². The van der Waals surface area contributed by atoms with E-state index >= 15 is 0 Å². The molecule has 4 N–H and O–H groups in total. The van der Waals surface area contributed by atoms with Crippen LogP contribution in [0.3, 0.4) is 0 Å². The highest BCUT2D eigenvalue weighted by atomic mass is 32.2. The quantitative estimate of drug-likeness (QED) is 0.505. The molecular weight excluding hydrogens is 147 g/mol.